The highest BCUT2D eigenvalue weighted by molar-refractivity contribution is 9.10. The Morgan fingerprint density at radius 2 is 1.76 bits per heavy atom. The van der Waals surface area contributed by atoms with Crippen molar-refractivity contribution in [2.45, 2.75) is 44.8 Å². The number of carbonyl (C=O) groups is 1. The Labute approximate surface area is 229 Å². The number of carboxylic acids is 1. The van der Waals surface area contributed by atoms with Gasteiger partial charge in [0, 0.05) is 28.4 Å². The monoisotopic (exact) mass is 569 g/mol. The van der Waals surface area contributed by atoms with Crippen LogP contribution in [0.4, 0.5) is 0 Å². The van der Waals surface area contributed by atoms with E-state index in [1.807, 2.05) is 60.7 Å². The number of hydrogen-bond donors (Lipinski definition) is 1. The number of benzene rings is 3. The van der Waals surface area contributed by atoms with Crippen molar-refractivity contribution in [3.05, 3.63) is 100 Å². The second-order valence-corrected chi connectivity index (χ2v) is 10.9. The fourth-order valence-corrected chi connectivity index (χ4v) is 5.79. The van der Waals surface area contributed by atoms with Crippen molar-refractivity contribution >= 4 is 43.8 Å². The standard InChI is InChI=1S/C31H28BrN3O3/c32-22-12-9-20(10-13-22)18-35-29-16-15-24(38-19-23-14-11-21-5-1-4-8-27(21)33-23)17-28(29)34-30(35)25-6-2-3-7-26(25)31(36)37/h1,4-5,8-17,25-26H,2-3,6-7,18-19H2,(H,36,37)/t25-,26?/m1/s1. The molecule has 3 aromatic carbocycles. The van der Waals surface area contributed by atoms with Crippen molar-refractivity contribution in [3.8, 4) is 5.75 Å². The fourth-order valence-electron chi connectivity index (χ4n) is 5.52. The molecule has 1 aliphatic carbocycles. The zero-order chi connectivity index (χ0) is 26.1. The van der Waals surface area contributed by atoms with Gasteiger partial charge in [0.25, 0.3) is 0 Å². The first kappa shape index (κ1) is 24.6. The van der Waals surface area contributed by atoms with Crippen LogP contribution in [0.25, 0.3) is 21.9 Å². The van der Waals surface area contributed by atoms with Gasteiger partial charge in [-0.25, -0.2) is 9.97 Å². The number of aliphatic carboxylic acids is 1. The Morgan fingerprint density at radius 3 is 2.61 bits per heavy atom. The number of hydrogen-bond acceptors (Lipinski definition) is 4. The molecule has 2 aromatic heterocycles. The largest absolute Gasteiger partial charge is 0.487 e. The van der Waals surface area contributed by atoms with E-state index in [-0.39, 0.29) is 5.92 Å². The molecule has 0 saturated heterocycles. The molecule has 1 N–H and O–H groups in total. The minimum Gasteiger partial charge on any atom is -0.487 e. The number of imidazole rings is 1. The number of aromatic nitrogens is 3. The number of ether oxygens (including phenoxy) is 1. The summed E-state index contributed by atoms with van der Waals surface area (Å²) in [5, 5.41) is 11.1. The molecule has 0 aliphatic heterocycles. The van der Waals surface area contributed by atoms with E-state index in [4.69, 9.17) is 14.7 Å². The van der Waals surface area contributed by atoms with Gasteiger partial charge < -0.3 is 14.4 Å². The lowest BCUT2D eigenvalue weighted by Gasteiger charge is -2.28. The molecule has 0 radical (unpaired) electrons. The summed E-state index contributed by atoms with van der Waals surface area (Å²) in [5.41, 5.74) is 4.74. The zero-order valence-corrected chi connectivity index (χ0v) is 22.5. The van der Waals surface area contributed by atoms with Crippen molar-refractivity contribution in [1.82, 2.24) is 14.5 Å². The molecule has 5 aromatic rings. The number of nitrogens with zero attached hydrogens (tertiary/aromatic N) is 3. The van der Waals surface area contributed by atoms with Crippen LogP contribution in [0, 0.1) is 5.92 Å². The highest BCUT2D eigenvalue weighted by atomic mass is 79.9. The van der Waals surface area contributed by atoms with Crippen molar-refractivity contribution in [3.63, 3.8) is 0 Å². The summed E-state index contributed by atoms with van der Waals surface area (Å²) < 4.78 is 9.34. The van der Waals surface area contributed by atoms with E-state index in [1.165, 1.54) is 0 Å². The van der Waals surface area contributed by atoms with Gasteiger partial charge in [0.05, 0.1) is 28.2 Å². The predicted octanol–water partition coefficient (Wildman–Crippen LogP) is 7.33. The molecule has 1 unspecified atom stereocenters. The quantitative estimate of drug-likeness (QED) is 0.222. The Hall–Kier alpha value is -3.71. The number of pyridine rings is 1. The summed E-state index contributed by atoms with van der Waals surface area (Å²) in [5.74, 6) is 0.298. The van der Waals surface area contributed by atoms with Crippen LogP contribution in [0.15, 0.2) is 83.3 Å². The van der Waals surface area contributed by atoms with Gasteiger partial charge in [-0.3, -0.25) is 4.79 Å². The van der Waals surface area contributed by atoms with Crippen LogP contribution in [0.2, 0.25) is 0 Å². The average Bonchev–Trinajstić information content (AvgIpc) is 3.30. The number of halogens is 1. The lowest BCUT2D eigenvalue weighted by molar-refractivity contribution is -0.143. The van der Waals surface area contributed by atoms with E-state index in [0.717, 1.165) is 62.8 Å². The molecule has 7 heteroatoms. The van der Waals surface area contributed by atoms with Crippen LogP contribution in [0.5, 0.6) is 5.75 Å². The minimum absolute atomic E-state index is 0.115. The van der Waals surface area contributed by atoms with E-state index in [0.29, 0.717) is 25.3 Å². The molecule has 192 valence electrons. The SMILES string of the molecule is O=C(O)C1CCCC[C@H]1c1nc2cc(OCc3ccc4ccccc4n3)ccc2n1Cc1ccc(Br)cc1. The maximum atomic E-state index is 12.1. The van der Waals surface area contributed by atoms with E-state index in [9.17, 15) is 9.90 Å². The molecular weight excluding hydrogens is 542 g/mol. The third-order valence-corrected chi connectivity index (χ3v) is 7.99. The first-order valence-corrected chi connectivity index (χ1v) is 13.8. The molecule has 1 saturated carbocycles. The van der Waals surface area contributed by atoms with E-state index < -0.39 is 11.9 Å². The lowest BCUT2D eigenvalue weighted by atomic mass is 9.78. The summed E-state index contributed by atoms with van der Waals surface area (Å²) >= 11 is 3.51. The smallest absolute Gasteiger partial charge is 0.307 e. The molecule has 2 atom stereocenters. The van der Waals surface area contributed by atoms with Crippen molar-refractivity contribution in [2.75, 3.05) is 0 Å². The first-order chi connectivity index (χ1) is 18.5. The molecule has 6 nitrogen and oxygen atoms in total. The molecule has 1 fully saturated rings. The predicted molar refractivity (Wildman–Crippen MR) is 151 cm³/mol. The summed E-state index contributed by atoms with van der Waals surface area (Å²) in [6.07, 6.45) is 3.48. The van der Waals surface area contributed by atoms with Gasteiger partial charge >= 0.3 is 5.97 Å². The minimum atomic E-state index is -0.733. The maximum Gasteiger partial charge on any atom is 0.307 e. The van der Waals surface area contributed by atoms with Crippen molar-refractivity contribution in [2.24, 2.45) is 5.92 Å². The number of rotatable bonds is 7. The van der Waals surface area contributed by atoms with Crippen LogP contribution in [0.1, 0.15) is 48.7 Å². The molecule has 6 rings (SSSR count). The maximum absolute atomic E-state index is 12.1. The summed E-state index contributed by atoms with van der Waals surface area (Å²) in [4.78, 5) is 21.9. The van der Waals surface area contributed by atoms with Crippen LogP contribution < -0.4 is 4.74 Å². The van der Waals surface area contributed by atoms with Gasteiger partial charge in [-0.15, -0.1) is 0 Å². The summed E-state index contributed by atoms with van der Waals surface area (Å²) in [6, 6.07) is 26.3. The molecule has 0 bridgehead atoms. The molecule has 0 amide bonds. The highest BCUT2D eigenvalue weighted by Gasteiger charge is 2.35. The van der Waals surface area contributed by atoms with Crippen molar-refractivity contribution < 1.29 is 14.6 Å². The van der Waals surface area contributed by atoms with Crippen LogP contribution in [0.3, 0.4) is 0 Å². The average molecular weight is 570 g/mol. The fraction of sp³-hybridized carbons (Fsp3) is 0.258. The topological polar surface area (TPSA) is 77.2 Å². The van der Waals surface area contributed by atoms with Gasteiger partial charge in [0.2, 0.25) is 0 Å². The molecule has 1 aliphatic rings. The van der Waals surface area contributed by atoms with E-state index in [2.05, 4.69) is 38.7 Å². The van der Waals surface area contributed by atoms with Gasteiger partial charge in [-0.2, -0.15) is 0 Å². The second kappa shape index (κ2) is 10.6. The van der Waals surface area contributed by atoms with Crippen LogP contribution in [-0.2, 0) is 17.9 Å². The van der Waals surface area contributed by atoms with Crippen LogP contribution in [-0.4, -0.2) is 25.6 Å². The number of fused-ring (bicyclic) bond motifs is 2. The zero-order valence-electron chi connectivity index (χ0n) is 20.9. The third-order valence-electron chi connectivity index (χ3n) is 7.46. The molecule has 0 spiro atoms. The molecular formula is C31H28BrN3O3. The second-order valence-electron chi connectivity index (χ2n) is 9.95. The van der Waals surface area contributed by atoms with E-state index >= 15 is 0 Å². The van der Waals surface area contributed by atoms with Crippen LogP contribution >= 0.6 is 15.9 Å². The number of carboxylic acid groups (broad SMARTS) is 1. The van der Waals surface area contributed by atoms with Gasteiger partial charge in [-0.05, 0) is 54.8 Å². The Bertz CT molecular complexity index is 1610. The van der Waals surface area contributed by atoms with Gasteiger partial charge in [0.15, 0.2) is 0 Å². The van der Waals surface area contributed by atoms with Gasteiger partial charge in [-0.1, -0.05) is 65.2 Å². The summed E-state index contributed by atoms with van der Waals surface area (Å²) in [7, 11) is 0. The molecule has 38 heavy (non-hydrogen) atoms. The Balaban J connectivity index is 1.33. The Kier molecular flexibility index (Phi) is 6.85. The normalized spacial score (nSPS) is 17.6. The summed E-state index contributed by atoms with van der Waals surface area (Å²) in [6.45, 7) is 0.982. The third kappa shape index (κ3) is 5.03. The van der Waals surface area contributed by atoms with Gasteiger partial charge in [0.1, 0.15) is 18.2 Å². The highest BCUT2D eigenvalue weighted by Crippen LogP contribution is 2.39. The van der Waals surface area contributed by atoms with E-state index in [1.54, 1.807) is 0 Å². The first-order valence-electron chi connectivity index (χ1n) is 13.0. The number of para-hydroxylation sites is 1. The lowest BCUT2D eigenvalue weighted by Crippen LogP contribution is -2.27. The van der Waals surface area contributed by atoms with Crippen molar-refractivity contribution in [1.29, 1.82) is 0 Å². The Morgan fingerprint density at radius 1 is 0.947 bits per heavy atom. The molecule has 2 heterocycles.